The van der Waals surface area contributed by atoms with Gasteiger partial charge in [-0.3, -0.25) is 0 Å². The maximum Gasteiger partial charge on any atom is 0.116 e. The van der Waals surface area contributed by atoms with Gasteiger partial charge in [0.05, 0.1) is 0 Å². The molecule has 2 rings (SSSR count). The molecule has 0 aliphatic carbocycles. The van der Waals surface area contributed by atoms with E-state index in [0.29, 0.717) is 5.75 Å². The minimum Gasteiger partial charge on any atom is -0.508 e. The van der Waals surface area contributed by atoms with E-state index in [1.54, 1.807) is 12.1 Å². The fourth-order valence-corrected chi connectivity index (χ4v) is 1.18. The Labute approximate surface area is 76.4 Å². The lowest BCUT2D eigenvalue weighted by Crippen LogP contribution is -1.69. The van der Waals surface area contributed by atoms with Crippen LogP contribution in [0.25, 0.3) is 10.8 Å². The Balaban J connectivity index is 0.000000396. The monoisotopic (exact) mass is 174 g/mol. The Bertz CT molecular complexity index is 396. The van der Waals surface area contributed by atoms with E-state index in [-0.39, 0.29) is 0 Å². The van der Waals surface area contributed by atoms with E-state index in [0.717, 1.165) is 10.8 Å². The summed E-state index contributed by atoms with van der Waals surface area (Å²) < 4.78 is 0. The van der Waals surface area contributed by atoms with E-state index in [1.807, 2.05) is 37.1 Å². The second-order valence-electron chi connectivity index (χ2n) is 2.53. The van der Waals surface area contributed by atoms with Gasteiger partial charge in [-0.15, -0.1) is 0 Å². The SMILES string of the molecule is C=O.Oc1ccc2ccccc2c1. The van der Waals surface area contributed by atoms with Crippen LogP contribution < -0.4 is 0 Å². The molecule has 0 spiro atoms. The number of hydrogen-bond acceptors (Lipinski definition) is 2. The average molecular weight is 174 g/mol. The van der Waals surface area contributed by atoms with Crippen LogP contribution in [0.2, 0.25) is 0 Å². The van der Waals surface area contributed by atoms with Crippen molar-refractivity contribution in [2.24, 2.45) is 0 Å². The predicted molar refractivity (Wildman–Crippen MR) is 52.7 cm³/mol. The van der Waals surface area contributed by atoms with Gasteiger partial charge < -0.3 is 9.90 Å². The van der Waals surface area contributed by atoms with Crippen LogP contribution in [0.5, 0.6) is 5.75 Å². The first kappa shape index (κ1) is 9.26. The molecule has 0 saturated heterocycles. The third-order valence-corrected chi connectivity index (χ3v) is 1.73. The van der Waals surface area contributed by atoms with Gasteiger partial charge in [0.2, 0.25) is 0 Å². The molecule has 0 amide bonds. The maximum atomic E-state index is 9.13. The molecule has 0 radical (unpaired) electrons. The standard InChI is InChI=1S/C10H8O.CH2O/c11-10-6-5-8-3-1-2-4-9(8)7-10;1-2/h1-7,11H;1H2. The zero-order valence-electron chi connectivity index (χ0n) is 7.10. The van der Waals surface area contributed by atoms with Crippen LogP contribution in [0, 0.1) is 0 Å². The van der Waals surface area contributed by atoms with Crippen molar-refractivity contribution in [3.63, 3.8) is 0 Å². The van der Waals surface area contributed by atoms with Crippen molar-refractivity contribution >= 4 is 17.6 Å². The molecule has 2 aromatic carbocycles. The van der Waals surface area contributed by atoms with E-state index in [2.05, 4.69) is 0 Å². The number of carbonyl (C=O) groups is 1. The van der Waals surface area contributed by atoms with Crippen molar-refractivity contribution in [3.05, 3.63) is 42.5 Å². The summed E-state index contributed by atoms with van der Waals surface area (Å²) in [5, 5.41) is 11.4. The fraction of sp³-hybridized carbons (Fsp3) is 0. The topological polar surface area (TPSA) is 37.3 Å². The van der Waals surface area contributed by atoms with Gasteiger partial charge in [0.15, 0.2) is 0 Å². The molecule has 66 valence electrons. The highest BCUT2D eigenvalue weighted by Gasteiger charge is 1.91. The number of phenols is 1. The summed E-state index contributed by atoms with van der Waals surface area (Å²) in [6, 6.07) is 13.3. The third kappa shape index (κ3) is 2.06. The van der Waals surface area contributed by atoms with Gasteiger partial charge in [-0.1, -0.05) is 30.3 Å². The van der Waals surface area contributed by atoms with E-state index in [4.69, 9.17) is 9.90 Å². The van der Waals surface area contributed by atoms with E-state index in [1.165, 1.54) is 0 Å². The first-order valence-corrected chi connectivity index (χ1v) is 3.83. The summed E-state index contributed by atoms with van der Waals surface area (Å²) in [7, 11) is 0. The highest BCUT2D eigenvalue weighted by Crippen LogP contribution is 2.18. The smallest absolute Gasteiger partial charge is 0.116 e. The highest BCUT2D eigenvalue weighted by atomic mass is 16.3. The molecule has 0 fully saturated rings. The first-order chi connectivity index (χ1) is 6.36. The summed E-state index contributed by atoms with van der Waals surface area (Å²) in [6.07, 6.45) is 0. The zero-order valence-corrected chi connectivity index (χ0v) is 7.10. The van der Waals surface area contributed by atoms with Crippen molar-refractivity contribution in [2.45, 2.75) is 0 Å². The van der Waals surface area contributed by atoms with Gasteiger partial charge in [0.25, 0.3) is 0 Å². The third-order valence-electron chi connectivity index (χ3n) is 1.73. The molecular formula is C11H10O2. The number of carbonyl (C=O) groups excluding carboxylic acids is 1. The summed E-state index contributed by atoms with van der Waals surface area (Å²) >= 11 is 0. The molecule has 0 aliphatic rings. The molecule has 0 aromatic heterocycles. The van der Waals surface area contributed by atoms with Gasteiger partial charge in [-0.05, 0) is 22.9 Å². The lowest BCUT2D eigenvalue weighted by molar-refractivity contribution is -0.0979. The Hall–Kier alpha value is -1.83. The minimum atomic E-state index is 0.323. The number of benzene rings is 2. The van der Waals surface area contributed by atoms with Crippen LogP contribution in [0.4, 0.5) is 0 Å². The molecule has 0 saturated carbocycles. The van der Waals surface area contributed by atoms with Crippen molar-refractivity contribution in [3.8, 4) is 5.75 Å². The molecule has 2 nitrogen and oxygen atoms in total. The van der Waals surface area contributed by atoms with E-state index < -0.39 is 0 Å². The minimum absolute atomic E-state index is 0.323. The van der Waals surface area contributed by atoms with Crippen LogP contribution in [0.15, 0.2) is 42.5 Å². The maximum absolute atomic E-state index is 9.13. The molecule has 2 heteroatoms. The Morgan fingerprint density at radius 2 is 1.54 bits per heavy atom. The summed E-state index contributed by atoms with van der Waals surface area (Å²) in [6.45, 7) is 2.00. The lowest BCUT2D eigenvalue weighted by atomic mass is 10.1. The Morgan fingerprint density at radius 1 is 0.923 bits per heavy atom. The Kier molecular flexibility index (Phi) is 3.03. The largest absolute Gasteiger partial charge is 0.508 e. The number of fused-ring (bicyclic) bond motifs is 1. The van der Waals surface area contributed by atoms with Crippen LogP contribution in [-0.4, -0.2) is 11.9 Å². The second kappa shape index (κ2) is 4.26. The molecule has 0 bridgehead atoms. The fourth-order valence-electron chi connectivity index (χ4n) is 1.18. The quantitative estimate of drug-likeness (QED) is 0.665. The van der Waals surface area contributed by atoms with Gasteiger partial charge in [0.1, 0.15) is 12.5 Å². The summed E-state index contributed by atoms with van der Waals surface area (Å²) in [5.74, 6) is 0.323. The van der Waals surface area contributed by atoms with Gasteiger partial charge in [-0.25, -0.2) is 0 Å². The number of hydrogen-bond donors (Lipinski definition) is 1. The van der Waals surface area contributed by atoms with Crippen LogP contribution >= 0.6 is 0 Å². The van der Waals surface area contributed by atoms with Gasteiger partial charge >= 0.3 is 0 Å². The van der Waals surface area contributed by atoms with Crippen LogP contribution in [-0.2, 0) is 4.79 Å². The summed E-state index contributed by atoms with van der Waals surface area (Å²) in [5.41, 5.74) is 0. The van der Waals surface area contributed by atoms with Gasteiger partial charge in [-0.2, -0.15) is 0 Å². The van der Waals surface area contributed by atoms with Crippen molar-refractivity contribution in [1.82, 2.24) is 0 Å². The van der Waals surface area contributed by atoms with Gasteiger partial charge in [0, 0.05) is 0 Å². The lowest BCUT2D eigenvalue weighted by Gasteiger charge is -1.96. The molecule has 0 heterocycles. The zero-order chi connectivity index (χ0) is 9.68. The molecular weight excluding hydrogens is 164 g/mol. The number of aromatic hydroxyl groups is 1. The molecule has 13 heavy (non-hydrogen) atoms. The molecule has 2 aromatic rings. The van der Waals surface area contributed by atoms with Crippen molar-refractivity contribution in [2.75, 3.05) is 0 Å². The molecule has 0 aliphatic heterocycles. The Morgan fingerprint density at radius 3 is 2.23 bits per heavy atom. The van der Waals surface area contributed by atoms with Crippen molar-refractivity contribution in [1.29, 1.82) is 0 Å². The second-order valence-corrected chi connectivity index (χ2v) is 2.53. The highest BCUT2D eigenvalue weighted by molar-refractivity contribution is 5.83. The van der Waals surface area contributed by atoms with E-state index in [9.17, 15) is 0 Å². The predicted octanol–water partition coefficient (Wildman–Crippen LogP) is 2.36. The average Bonchev–Trinajstić information content (AvgIpc) is 2.21. The molecule has 0 unspecified atom stereocenters. The molecule has 1 N–H and O–H groups in total. The number of phenolic OH excluding ortho intramolecular Hbond substituents is 1. The molecule has 0 atom stereocenters. The normalized spacial score (nSPS) is 8.92. The van der Waals surface area contributed by atoms with Crippen LogP contribution in [0.1, 0.15) is 0 Å². The van der Waals surface area contributed by atoms with Crippen molar-refractivity contribution < 1.29 is 9.90 Å². The number of rotatable bonds is 0. The summed E-state index contributed by atoms with van der Waals surface area (Å²) in [4.78, 5) is 8.00. The van der Waals surface area contributed by atoms with E-state index >= 15 is 0 Å². The first-order valence-electron chi connectivity index (χ1n) is 3.83. The van der Waals surface area contributed by atoms with Crippen LogP contribution in [0.3, 0.4) is 0 Å².